The maximum absolute atomic E-state index is 11.4. The lowest BCUT2D eigenvalue weighted by molar-refractivity contribution is -0.137. The number of aryl methyl sites for hydroxylation is 1. The van der Waals surface area contributed by atoms with Gasteiger partial charge in [-0.2, -0.15) is 0 Å². The lowest BCUT2D eigenvalue weighted by Gasteiger charge is -2.07. The molecular formula is C30H42ClNO2. The van der Waals surface area contributed by atoms with Gasteiger partial charge in [-0.05, 0) is 67.7 Å². The minimum atomic E-state index is -0.300. The zero-order valence-corrected chi connectivity index (χ0v) is 21.6. The van der Waals surface area contributed by atoms with Gasteiger partial charge in [0.1, 0.15) is 0 Å². The molecule has 34 heavy (non-hydrogen) atoms. The van der Waals surface area contributed by atoms with Gasteiger partial charge in [0.15, 0.2) is 0 Å². The van der Waals surface area contributed by atoms with Crippen molar-refractivity contribution in [2.24, 2.45) is 0 Å². The van der Waals surface area contributed by atoms with Crippen molar-refractivity contribution in [3.63, 3.8) is 0 Å². The van der Waals surface area contributed by atoms with Crippen LogP contribution in [0.2, 0.25) is 5.02 Å². The van der Waals surface area contributed by atoms with Gasteiger partial charge in [0.25, 0.3) is 0 Å². The Bertz CT molecular complexity index is 815. The van der Waals surface area contributed by atoms with E-state index in [2.05, 4.69) is 29.6 Å². The normalized spacial score (nSPS) is 11.1. The van der Waals surface area contributed by atoms with Gasteiger partial charge in [-0.1, -0.05) is 93.7 Å². The van der Waals surface area contributed by atoms with Crippen LogP contribution in [-0.2, 0) is 16.0 Å². The lowest BCUT2D eigenvalue weighted by Crippen LogP contribution is -2.01. The van der Waals surface area contributed by atoms with Crippen LogP contribution in [0.25, 0.3) is 6.08 Å². The van der Waals surface area contributed by atoms with Gasteiger partial charge in [-0.3, -0.25) is 0 Å². The number of anilines is 1. The Morgan fingerprint density at radius 2 is 1.35 bits per heavy atom. The fraction of sp³-hybridized carbons (Fsp3) is 0.500. The molecule has 0 aromatic heterocycles. The Morgan fingerprint density at radius 1 is 0.794 bits per heavy atom. The maximum Gasteiger partial charge on any atom is 0.330 e. The van der Waals surface area contributed by atoms with E-state index in [1.165, 1.54) is 88.7 Å². The molecule has 2 aromatic carbocycles. The standard InChI is InChI=1S/C30H42ClNO2/c1-2-34-30(33)24-19-27-17-22-29(23-18-27)32-25-13-11-9-7-5-3-4-6-8-10-12-14-26-15-20-28(31)21-16-26/h15-24,32H,2-14,25H2,1H3. The Kier molecular flexibility index (Phi) is 14.9. The summed E-state index contributed by atoms with van der Waals surface area (Å²) in [5.74, 6) is -0.300. The molecule has 0 atom stereocenters. The molecule has 0 amide bonds. The number of halogens is 1. The highest BCUT2D eigenvalue weighted by molar-refractivity contribution is 6.30. The molecule has 0 unspecified atom stereocenters. The van der Waals surface area contributed by atoms with Gasteiger partial charge in [0.2, 0.25) is 0 Å². The number of unbranched alkanes of at least 4 members (excludes halogenated alkanes) is 10. The van der Waals surface area contributed by atoms with Crippen LogP contribution in [0.4, 0.5) is 5.69 Å². The van der Waals surface area contributed by atoms with Gasteiger partial charge >= 0.3 is 5.97 Å². The van der Waals surface area contributed by atoms with E-state index in [1.54, 1.807) is 13.0 Å². The number of nitrogens with one attached hydrogen (secondary N) is 1. The highest BCUT2D eigenvalue weighted by atomic mass is 35.5. The molecule has 0 saturated heterocycles. The first-order valence-electron chi connectivity index (χ1n) is 13.1. The van der Waals surface area contributed by atoms with Crippen molar-refractivity contribution >= 4 is 29.3 Å². The molecule has 4 heteroatoms. The molecule has 0 saturated carbocycles. The van der Waals surface area contributed by atoms with E-state index in [4.69, 9.17) is 16.3 Å². The Hall–Kier alpha value is -2.26. The summed E-state index contributed by atoms with van der Waals surface area (Å²) in [6, 6.07) is 16.4. The fourth-order valence-corrected chi connectivity index (χ4v) is 4.12. The predicted molar refractivity (Wildman–Crippen MR) is 147 cm³/mol. The summed E-state index contributed by atoms with van der Waals surface area (Å²) in [6.45, 7) is 3.22. The average Bonchev–Trinajstić information content (AvgIpc) is 2.85. The van der Waals surface area contributed by atoms with Crippen molar-refractivity contribution in [3.05, 3.63) is 70.8 Å². The molecular weight excluding hydrogens is 442 g/mol. The number of hydrogen-bond donors (Lipinski definition) is 1. The molecule has 0 spiro atoms. The first-order valence-corrected chi connectivity index (χ1v) is 13.5. The number of benzene rings is 2. The average molecular weight is 484 g/mol. The highest BCUT2D eigenvalue weighted by Crippen LogP contribution is 2.15. The van der Waals surface area contributed by atoms with Crippen LogP contribution in [0, 0.1) is 0 Å². The Labute approximate surface area is 211 Å². The van der Waals surface area contributed by atoms with Crippen LogP contribution < -0.4 is 5.32 Å². The zero-order valence-electron chi connectivity index (χ0n) is 20.9. The van der Waals surface area contributed by atoms with Gasteiger partial charge in [0.05, 0.1) is 6.61 Å². The maximum atomic E-state index is 11.4. The molecule has 0 fully saturated rings. The summed E-state index contributed by atoms with van der Waals surface area (Å²) in [5, 5.41) is 4.31. The zero-order chi connectivity index (χ0) is 24.3. The van der Waals surface area contributed by atoms with E-state index >= 15 is 0 Å². The van der Waals surface area contributed by atoms with Crippen molar-refractivity contribution < 1.29 is 9.53 Å². The second kappa shape index (κ2) is 18.1. The molecule has 2 rings (SSSR count). The molecule has 0 aliphatic rings. The molecule has 3 nitrogen and oxygen atoms in total. The number of carbonyl (C=O) groups is 1. The van der Waals surface area contributed by atoms with E-state index in [0.29, 0.717) is 6.61 Å². The Balaban J connectivity index is 1.37. The van der Waals surface area contributed by atoms with E-state index in [1.807, 2.05) is 24.3 Å². The van der Waals surface area contributed by atoms with Crippen LogP contribution >= 0.6 is 11.6 Å². The van der Waals surface area contributed by atoms with Crippen molar-refractivity contribution in [1.82, 2.24) is 0 Å². The number of carbonyl (C=O) groups excluding carboxylic acids is 1. The van der Waals surface area contributed by atoms with Crippen LogP contribution in [0.1, 0.15) is 88.7 Å². The van der Waals surface area contributed by atoms with E-state index < -0.39 is 0 Å². The number of hydrogen-bond acceptors (Lipinski definition) is 3. The third kappa shape index (κ3) is 13.4. The molecule has 0 bridgehead atoms. The number of esters is 1. The summed E-state index contributed by atoms with van der Waals surface area (Å²) in [4.78, 5) is 11.4. The minimum Gasteiger partial charge on any atom is -0.463 e. The van der Waals surface area contributed by atoms with Crippen LogP contribution in [-0.4, -0.2) is 19.1 Å². The van der Waals surface area contributed by atoms with E-state index in [-0.39, 0.29) is 5.97 Å². The van der Waals surface area contributed by atoms with Crippen LogP contribution in [0.3, 0.4) is 0 Å². The van der Waals surface area contributed by atoms with Gasteiger partial charge in [0, 0.05) is 23.3 Å². The lowest BCUT2D eigenvalue weighted by atomic mass is 10.0. The minimum absolute atomic E-state index is 0.300. The van der Waals surface area contributed by atoms with Crippen LogP contribution in [0.15, 0.2) is 54.6 Å². The summed E-state index contributed by atoms with van der Waals surface area (Å²) in [6.07, 6.45) is 19.1. The summed E-state index contributed by atoms with van der Waals surface area (Å²) >= 11 is 5.93. The molecule has 1 N–H and O–H groups in total. The highest BCUT2D eigenvalue weighted by Gasteiger charge is 1.98. The summed E-state index contributed by atoms with van der Waals surface area (Å²) < 4.78 is 4.89. The molecule has 0 aliphatic carbocycles. The summed E-state index contributed by atoms with van der Waals surface area (Å²) in [5.41, 5.74) is 3.52. The van der Waals surface area contributed by atoms with Crippen LogP contribution in [0.5, 0.6) is 0 Å². The van der Waals surface area contributed by atoms with Crippen molar-refractivity contribution in [2.45, 2.75) is 84.0 Å². The first-order chi connectivity index (χ1) is 16.7. The summed E-state index contributed by atoms with van der Waals surface area (Å²) in [7, 11) is 0. The second-order valence-electron chi connectivity index (χ2n) is 8.90. The monoisotopic (exact) mass is 483 g/mol. The molecule has 0 aliphatic heterocycles. The van der Waals surface area contributed by atoms with Gasteiger partial charge in [-0.25, -0.2) is 4.79 Å². The van der Waals surface area contributed by atoms with E-state index in [0.717, 1.165) is 22.8 Å². The quantitative estimate of drug-likeness (QED) is 0.131. The third-order valence-corrected chi connectivity index (χ3v) is 6.25. The third-order valence-electron chi connectivity index (χ3n) is 5.99. The molecule has 186 valence electrons. The second-order valence-corrected chi connectivity index (χ2v) is 9.34. The molecule has 0 radical (unpaired) electrons. The van der Waals surface area contributed by atoms with E-state index in [9.17, 15) is 4.79 Å². The van der Waals surface area contributed by atoms with Gasteiger partial charge in [-0.15, -0.1) is 0 Å². The number of rotatable bonds is 18. The fourth-order valence-electron chi connectivity index (χ4n) is 4.00. The Morgan fingerprint density at radius 3 is 1.94 bits per heavy atom. The predicted octanol–water partition coefficient (Wildman–Crippen LogP) is 8.86. The van der Waals surface area contributed by atoms with Crippen molar-refractivity contribution in [2.75, 3.05) is 18.5 Å². The van der Waals surface area contributed by atoms with Gasteiger partial charge < -0.3 is 10.1 Å². The van der Waals surface area contributed by atoms with Crippen molar-refractivity contribution in [3.8, 4) is 0 Å². The first kappa shape index (κ1) is 28.0. The molecule has 0 heterocycles. The molecule has 2 aromatic rings. The topological polar surface area (TPSA) is 38.3 Å². The largest absolute Gasteiger partial charge is 0.463 e. The smallest absolute Gasteiger partial charge is 0.330 e. The SMILES string of the molecule is CCOC(=O)C=Cc1ccc(NCCCCCCCCCCCCCc2ccc(Cl)cc2)cc1. The number of ether oxygens (including phenoxy) is 1. The van der Waals surface area contributed by atoms with Crippen molar-refractivity contribution in [1.29, 1.82) is 0 Å².